The molecule has 0 aromatic carbocycles. The van der Waals surface area contributed by atoms with Gasteiger partial charge in [0.1, 0.15) is 6.33 Å². The predicted molar refractivity (Wildman–Crippen MR) is 68.9 cm³/mol. The lowest BCUT2D eigenvalue weighted by molar-refractivity contribution is -0.383. The molecular formula is C11H17N5O2. The summed E-state index contributed by atoms with van der Waals surface area (Å²) in [6.07, 6.45) is 4.39. The van der Waals surface area contributed by atoms with Gasteiger partial charge in [0.15, 0.2) is 0 Å². The Morgan fingerprint density at radius 3 is 2.83 bits per heavy atom. The largest absolute Gasteiger partial charge is 0.364 e. The third-order valence-electron chi connectivity index (χ3n) is 2.96. The number of hydrogen-bond acceptors (Lipinski definition) is 6. The molecule has 0 saturated heterocycles. The first-order valence-electron chi connectivity index (χ1n) is 6.11. The van der Waals surface area contributed by atoms with Crippen LogP contribution in [0, 0.1) is 10.1 Å². The smallest absolute Gasteiger partial charge is 0.353 e. The van der Waals surface area contributed by atoms with Crippen molar-refractivity contribution in [3.8, 4) is 0 Å². The van der Waals surface area contributed by atoms with Crippen molar-refractivity contribution >= 4 is 17.3 Å². The SMILES string of the molecule is CCCNc1ncnc(N(C)C2CC2)c1[N+](=O)[O-]. The maximum absolute atomic E-state index is 11.2. The van der Waals surface area contributed by atoms with Gasteiger partial charge in [0.2, 0.25) is 11.6 Å². The standard InChI is InChI=1S/C11H17N5O2/c1-3-6-12-10-9(16(17)18)11(14-7-13-10)15(2)8-4-5-8/h7-8H,3-6H2,1-2H3,(H,12,13,14). The fourth-order valence-electron chi connectivity index (χ4n) is 1.80. The first-order valence-corrected chi connectivity index (χ1v) is 6.11. The Morgan fingerprint density at radius 2 is 2.28 bits per heavy atom. The molecule has 1 fully saturated rings. The molecule has 2 rings (SSSR count). The van der Waals surface area contributed by atoms with Gasteiger partial charge in [-0.3, -0.25) is 10.1 Å². The lowest BCUT2D eigenvalue weighted by atomic mass is 10.3. The molecular weight excluding hydrogens is 234 g/mol. The Kier molecular flexibility index (Phi) is 3.59. The highest BCUT2D eigenvalue weighted by Crippen LogP contribution is 2.36. The molecule has 0 amide bonds. The van der Waals surface area contributed by atoms with E-state index in [2.05, 4.69) is 15.3 Å². The monoisotopic (exact) mass is 251 g/mol. The van der Waals surface area contributed by atoms with Crippen molar-refractivity contribution in [2.45, 2.75) is 32.2 Å². The van der Waals surface area contributed by atoms with Crippen molar-refractivity contribution in [3.63, 3.8) is 0 Å². The second kappa shape index (κ2) is 5.16. The Bertz CT molecular complexity index is 447. The van der Waals surface area contributed by atoms with E-state index in [1.807, 2.05) is 18.9 Å². The van der Waals surface area contributed by atoms with E-state index in [0.29, 0.717) is 24.2 Å². The summed E-state index contributed by atoms with van der Waals surface area (Å²) in [4.78, 5) is 20.7. The van der Waals surface area contributed by atoms with Crippen LogP contribution in [0.15, 0.2) is 6.33 Å². The Morgan fingerprint density at radius 1 is 1.56 bits per heavy atom. The van der Waals surface area contributed by atoms with Crippen molar-refractivity contribution in [2.24, 2.45) is 0 Å². The molecule has 98 valence electrons. The number of nitrogens with zero attached hydrogens (tertiary/aromatic N) is 4. The van der Waals surface area contributed by atoms with Crippen LogP contribution in [0.5, 0.6) is 0 Å². The minimum absolute atomic E-state index is 0.0275. The van der Waals surface area contributed by atoms with Gasteiger partial charge in [0.05, 0.1) is 4.92 Å². The van der Waals surface area contributed by atoms with Gasteiger partial charge in [0, 0.05) is 19.6 Å². The molecule has 18 heavy (non-hydrogen) atoms. The van der Waals surface area contributed by atoms with Crippen LogP contribution >= 0.6 is 0 Å². The molecule has 0 atom stereocenters. The van der Waals surface area contributed by atoms with Gasteiger partial charge in [-0.1, -0.05) is 6.92 Å². The van der Waals surface area contributed by atoms with Gasteiger partial charge >= 0.3 is 5.69 Å². The summed E-state index contributed by atoms with van der Waals surface area (Å²) in [7, 11) is 1.84. The van der Waals surface area contributed by atoms with Crippen LogP contribution in [-0.4, -0.2) is 34.5 Å². The zero-order chi connectivity index (χ0) is 13.1. The summed E-state index contributed by atoms with van der Waals surface area (Å²) >= 11 is 0. The van der Waals surface area contributed by atoms with E-state index in [4.69, 9.17) is 0 Å². The highest BCUT2D eigenvalue weighted by atomic mass is 16.6. The Balaban J connectivity index is 2.35. The fraction of sp³-hybridized carbons (Fsp3) is 0.636. The molecule has 1 aliphatic rings. The third kappa shape index (κ3) is 2.49. The molecule has 1 N–H and O–H groups in total. The molecule has 1 saturated carbocycles. The van der Waals surface area contributed by atoms with Crippen LogP contribution in [-0.2, 0) is 0 Å². The van der Waals surface area contributed by atoms with E-state index in [0.717, 1.165) is 19.3 Å². The summed E-state index contributed by atoms with van der Waals surface area (Å²) in [6, 6.07) is 0.373. The van der Waals surface area contributed by atoms with Gasteiger partial charge in [-0.05, 0) is 19.3 Å². The average Bonchev–Trinajstić information content (AvgIpc) is 3.18. The Labute approximate surface area is 105 Å². The number of aromatic nitrogens is 2. The highest BCUT2D eigenvalue weighted by Gasteiger charge is 2.33. The quantitative estimate of drug-likeness (QED) is 0.613. The summed E-state index contributed by atoms with van der Waals surface area (Å²) in [5.74, 6) is 0.704. The first-order chi connectivity index (χ1) is 8.65. The zero-order valence-corrected chi connectivity index (χ0v) is 10.6. The van der Waals surface area contributed by atoms with E-state index < -0.39 is 4.92 Å². The molecule has 0 unspecified atom stereocenters. The minimum atomic E-state index is -0.411. The van der Waals surface area contributed by atoms with Crippen molar-refractivity contribution in [3.05, 3.63) is 16.4 Å². The maximum Gasteiger partial charge on any atom is 0.353 e. The maximum atomic E-state index is 11.2. The van der Waals surface area contributed by atoms with E-state index >= 15 is 0 Å². The molecule has 0 aliphatic heterocycles. The summed E-state index contributed by atoms with van der Waals surface area (Å²) in [6.45, 7) is 2.65. The van der Waals surface area contributed by atoms with Crippen molar-refractivity contribution in [2.75, 3.05) is 23.8 Å². The topological polar surface area (TPSA) is 84.2 Å². The van der Waals surface area contributed by atoms with Gasteiger partial charge in [0.25, 0.3) is 0 Å². The van der Waals surface area contributed by atoms with Crippen LogP contribution in [0.4, 0.5) is 17.3 Å². The number of hydrogen-bond donors (Lipinski definition) is 1. The van der Waals surface area contributed by atoms with E-state index in [1.165, 1.54) is 6.33 Å². The van der Waals surface area contributed by atoms with Crippen LogP contribution in [0.3, 0.4) is 0 Å². The van der Waals surface area contributed by atoms with E-state index in [9.17, 15) is 10.1 Å². The lowest BCUT2D eigenvalue weighted by Crippen LogP contribution is -2.22. The van der Waals surface area contributed by atoms with Crippen LogP contribution in [0.25, 0.3) is 0 Å². The van der Waals surface area contributed by atoms with Crippen LogP contribution < -0.4 is 10.2 Å². The number of anilines is 2. The van der Waals surface area contributed by atoms with Crippen LogP contribution in [0.2, 0.25) is 0 Å². The molecule has 7 heteroatoms. The first kappa shape index (κ1) is 12.5. The van der Waals surface area contributed by atoms with Crippen molar-refractivity contribution < 1.29 is 4.92 Å². The van der Waals surface area contributed by atoms with Crippen molar-refractivity contribution in [1.29, 1.82) is 0 Å². The zero-order valence-electron chi connectivity index (χ0n) is 10.6. The normalized spacial score (nSPS) is 14.3. The second-order valence-electron chi connectivity index (χ2n) is 4.42. The number of nitrogens with one attached hydrogen (secondary N) is 1. The molecule has 1 aliphatic carbocycles. The molecule has 7 nitrogen and oxygen atoms in total. The van der Waals surface area contributed by atoms with Gasteiger partial charge in [-0.15, -0.1) is 0 Å². The molecule has 0 bridgehead atoms. The number of rotatable bonds is 6. The van der Waals surface area contributed by atoms with Crippen LogP contribution in [0.1, 0.15) is 26.2 Å². The van der Waals surface area contributed by atoms with Gasteiger partial charge in [-0.2, -0.15) is 0 Å². The van der Waals surface area contributed by atoms with E-state index in [-0.39, 0.29) is 5.69 Å². The van der Waals surface area contributed by atoms with E-state index in [1.54, 1.807) is 0 Å². The third-order valence-corrected chi connectivity index (χ3v) is 2.96. The molecule has 1 aromatic rings. The second-order valence-corrected chi connectivity index (χ2v) is 4.42. The van der Waals surface area contributed by atoms with Gasteiger partial charge in [-0.25, -0.2) is 9.97 Å². The summed E-state index contributed by atoms with van der Waals surface area (Å²) < 4.78 is 0. The molecule has 0 radical (unpaired) electrons. The molecule has 1 heterocycles. The molecule has 0 spiro atoms. The van der Waals surface area contributed by atoms with Gasteiger partial charge < -0.3 is 10.2 Å². The minimum Gasteiger partial charge on any atom is -0.364 e. The summed E-state index contributed by atoms with van der Waals surface area (Å²) in [5, 5.41) is 14.2. The summed E-state index contributed by atoms with van der Waals surface area (Å²) in [5.41, 5.74) is -0.0275. The Hall–Kier alpha value is -1.92. The van der Waals surface area contributed by atoms with Crippen molar-refractivity contribution in [1.82, 2.24) is 9.97 Å². The lowest BCUT2D eigenvalue weighted by Gasteiger charge is -2.17. The molecule has 1 aromatic heterocycles. The predicted octanol–water partition coefficient (Wildman–Crippen LogP) is 1.81. The fourth-order valence-corrected chi connectivity index (χ4v) is 1.80. The number of nitro groups is 1. The highest BCUT2D eigenvalue weighted by molar-refractivity contribution is 5.70. The average molecular weight is 251 g/mol.